The highest BCUT2D eigenvalue weighted by Crippen LogP contribution is 2.20. The third kappa shape index (κ3) is 25.7. The van der Waals surface area contributed by atoms with Gasteiger partial charge >= 0.3 is 5.97 Å². The van der Waals surface area contributed by atoms with E-state index in [4.69, 9.17) is 4.74 Å². The molecule has 2 heteroatoms. The molecule has 0 aliphatic carbocycles. The highest BCUT2D eigenvalue weighted by atomic mass is 16.5. The number of esters is 1. The Hall–Kier alpha value is -0.790. The number of carbonyl (C=O) groups excluding carboxylic acids is 1. The first-order valence-corrected chi connectivity index (χ1v) is 15.0. The molecule has 0 saturated carbocycles. The van der Waals surface area contributed by atoms with Crippen LogP contribution in [0.1, 0.15) is 168 Å². The Bertz CT molecular complexity index is 404. The quantitative estimate of drug-likeness (QED) is 0.0686. The van der Waals surface area contributed by atoms with Crippen LogP contribution in [-0.4, -0.2) is 12.6 Å². The maximum Gasteiger partial charge on any atom is 0.305 e. The summed E-state index contributed by atoms with van der Waals surface area (Å²) in [6, 6.07) is 0. The molecule has 1 atom stereocenters. The van der Waals surface area contributed by atoms with Gasteiger partial charge < -0.3 is 4.74 Å². The first-order valence-electron chi connectivity index (χ1n) is 15.0. The summed E-state index contributed by atoms with van der Waals surface area (Å²) in [7, 11) is 0. The summed E-state index contributed by atoms with van der Waals surface area (Å²) < 4.78 is 5.73. The van der Waals surface area contributed by atoms with E-state index in [9.17, 15) is 4.79 Å². The first-order chi connectivity index (χ1) is 16.2. The summed E-state index contributed by atoms with van der Waals surface area (Å²) in [5.74, 6) is 0.607. The predicted molar refractivity (Wildman–Crippen MR) is 147 cm³/mol. The molecule has 0 amide bonds. The van der Waals surface area contributed by atoms with Crippen molar-refractivity contribution in [1.29, 1.82) is 0 Å². The van der Waals surface area contributed by atoms with Crippen LogP contribution in [0.3, 0.4) is 0 Å². The van der Waals surface area contributed by atoms with Crippen LogP contribution in [0.5, 0.6) is 0 Å². The summed E-state index contributed by atoms with van der Waals surface area (Å²) in [5, 5.41) is 0. The van der Waals surface area contributed by atoms with Crippen molar-refractivity contribution in [2.75, 3.05) is 6.61 Å². The molecule has 0 rings (SSSR count). The summed E-state index contributed by atoms with van der Waals surface area (Å²) in [5.41, 5.74) is 0. The highest BCUT2D eigenvalue weighted by molar-refractivity contribution is 5.69. The van der Waals surface area contributed by atoms with Gasteiger partial charge in [0.05, 0.1) is 6.61 Å². The molecular formula is C31H60O2. The number of hydrogen-bond acceptors (Lipinski definition) is 2. The van der Waals surface area contributed by atoms with E-state index in [0.717, 1.165) is 19.3 Å². The molecule has 0 N–H and O–H groups in total. The van der Waals surface area contributed by atoms with Gasteiger partial charge in [0.15, 0.2) is 0 Å². The fraction of sp³-hybridized carbons (Fsp3) is 0.903. The van der Waals surface area contributed by atoms with Gasteiger partial charge in [0.2, 0.25) is 0 Å². The summed E-state index contributed by atoms with van der Waals surface area (Å²) in [6.07, 6.45) is 32.4. The first kappa shape index (κ1) is 32.2. The number of ether oxygens (including phenoxy) is 1. The Labute approximate surface area is 208 Å². The van der Waals surface area contributed by atoms with Crippen molar-refractivity contribution in [2.45, 2.75) is 168 Å². The fourth-order valence-electron chi connectivity index (χ4n) is 4.64. The molecule has 0 aliphatic heterocycles. The third-order valence-corrected chi connectivity index (χ3v) is 6.95. The lowest BCUT2D eigenvalue weighted by atomic mass is 9.94. The minimum Gasteiger partial charge on any atom is -0.465 e. The largest absolute Gasteiger partial charge is 0.465 e. The minimum absolute atomic E-state index is 0.0329. The van der Waals surface area contributed by atoms with Crippen molar-refractivity contribution in [3.8, 4) is 0 Å². The van der Waals surface area contributed by atoms with E-state index in [-0.39, 0.29) is 5.97 Å². The molecular weight excluding hydrogens is 404 g/mol. The second-order valence-electron chi connectivity index (χ2n) is 10.3. The maximum absolute atomic E-state index is 12.2. The van der Waals surface area contributed by atoms with Crippen LogP contribution < -0.4 is 0 Å². The van der Waals surface area contributed by atoms with Gasteiger partial charge in [0, 0.05) is 6.42 Å². The molecule has 196 valence electrons. The van der Waals surface area contributed by atoms with Crippen molar-refractivity contribution >= 4 is 5.97 Å². The molecule has 0 spiro atoms. The van der Waals surface area contributed by atoms with Gasteiger partial charge in [-0.15, -0.1) is 6.58 Å². The zero-order valence-corrected chi connectivity index (χ0v) is 22.9. The Kier molecular flexibility index (Phi) is 26.8. The van der Waals surface area contributed by atoms with E-state index >= 15 is 0 Å². The number of rotatable bonds is 27. The van der Waals surface area contributed by atoms with Crippen LogP contribution in [0, 0.1) is 5.92 Å². The van der Waals surface area contributed by atoms with Gasteiger partial charge in [-0.05, 0) is 38.0 Å². The summed E-state index contributed by atoms with van der Waals surface area (Å²) in [6.45, 7) is 8.99. The topological polar surface area (TPSA) is 26.3 Å². The van der Waals surface area contributed by atoms with Crippen LogP contribution in [0.2, 0.25) is 0 Å². The number of carbonyl (C=O) groups is 1. The lowest BCUT2D eigenvalue weighted by Crippen LogP contribution is -2.14. The molecule has 0 fully saturated rings. The Morgan fingerprint density at radius 2 is 1.06 bits per heavy atom. The van der Waals surface area contributed by atoms with Crippen LogP contribution >= 0.6 is 0 Å². The normalized spacial score (nSPS) is 12.1. The zero-order chi connectivity index (χ0) is 24.2. The van der Waals surface area contributed by atoms with Crippen molar-refractivity contribution in [3.05, 3.63) is 12.7 Å². The van der Waals surface area contributed by atoms with Gasteiger partial charge in [-0.1, -0.05) is 135 Å². The maximum atomic E-state index is 12.2. The zero-order valence-electron chi connectivity index (χ0n) is 22.9. The van der Waals surface area contributed by atoms with E-state index in [0.29, 0.717) is 18.9 Å². The van der Waals surface area contributed by atoms with E-state index < -0.39 is 0 Å². The number of unbranched alkanes of at least 4 members (excludes halogenated alkanes) is 18. The fourth-order valence-corrected chi connectivity index (χ4v) is 4.64. The Morgan fingerprint density at radius 1 is 0.636 bits per heavy atom. The molecule has 0 bridgehead atoms. The molecule has 0 aliphatic rings. The van der Waals surface area contributed by atoms with E-state index in [1.54, 1.807) is 0 Å². The van der Waals surface area contributed by atoms with Crippen LogP contribution in [0.15, 0.2) is 12.7 Å². The molecule has 0 saturated heterocycles. The molecule has 0 radical (unpaired) electrons. The van der Waals surface area contributed by atoms with Crippen molar-refractivity contribution in [1.82, 2.24) is 0 Å². The van der Waals surface area contributed by atoms with Crippen molar-refractivity contribution < 1.29 is 9.53 Å². The second kappa shape index (κ2) is 27.5. The molecule has 1 unspecified atom stereocenters. The minimum atomic E-state index is 0.0329. The molecule has 0 aromatic heterocycles. The van der Waals surface area contributed by atoms with Gasteiger partial charge in [-0.2, -0.15) is 0 Å². The number of hydrogen-bond donors (Lipinski definition) is 0. The molecule has 2 nitrogen and oxygen atoms in total. The SMILES string of the molecule is C=CCCCCCCCCC(=O)OCC(CCCCCCCC)CCCCCCCCCC. The van der Waals surface area contributed by atoms with Crippen LogP contribution in [0.4, 0.5) is 0 Å². The standard InChI is InChI=1S/C31H60O2/c1-4-7-10-13-16-18-21-24-27-30(26-23-20-15-12-9-6-3)29-33-31(32)28-25-22-19-17-14-11-8-5-2/h5,30H,2,4,6-29H2,1,3H3. The van der Waals surface area contributed by atoms with Gasteiger partial charge in [-0.25, -0.2) is 0 Å². The summed E-state index contributed by atoms with van der Waals surface area (Å²) >= 11 is 0. The van der Waals surface area contributed by atoms with Gasteiger partial charge in [0.1, 0.15) is 0 Å². The predicted octanol–water partition coefficient (Wildman–Crippen LogP) is 10.7. The second-order valence-corrected chi connectivity index (χ2v) is 10.3. The van der Waals surface area contributed by atoms with E-state index in [1.165, 1.54) is 128 Å². The Balaban J connectivity index is 3.96. The third-order valence-electron chi connectivity index (χ3n) is 6.95. The van der Waals surface area contributed by atoms with Gasteiger partial charge in [-0.3, -0.25) is 4.79 Å². The van der Waals surface area contributed by atoms with E-state index in [2.05, 4.69) is 20.4 Å². The molecule has 0 heterocycles. The smallest absolute Gasteiger partial charge is 0.305 e. The van der Waals surface area contributed by atoms with Crippen LogP contribution in [-0.2, 0) is 9.53 Å². The molecule has 0 aromatic carbocycles. The average molecular weight is 465 g/mol. The summed E-state index contributed by atoms with van der Waals surface area (Å²) in [4.78, 5) is 12.2. The molecule has 33 heavy (non-hydrogen) atoms. The monoisotopic (exact) mass is 464 g/mol. The lowest BCUT2D eigenvalue weighted by molar-refractivity contribution is -0.145. The lowest BCUT2D eigenvalue weighted by Gasteiger charge is -2.17. The van der Waals surface area contributed by atoms with Crippen LogP contribution in [0.25, 0.3) is 0 Å². The van der Waals surface area contributed by atoms with Gasteiger partial charge in [0.25, 0.3) is 0 Å². The molecule has 0 aromatic rings. The average Bonchev–Trinajstić information content (AvgIpc) is 2.82. The number of allylic oxidation sites excluding steroid dienone is 1. The van der Waals surface area contributed by atoms with E-state index in [1.807, 2.05) is 6.08 Å². The highest BCUT2D eigenvalue weighted by Gasteiger charge is 2.12. The van der Waals surface area contributed by atoms with Crippen molar-refractivity contribution in [2.24, 2.45) is 5.92 Å². The Morgan fingerprint density at radius 3 is 1.55 bits per heavy atom. The van der Waals surface area contributed by atoms with Crippen molar-refractivity contribution in [3.63, 3.8) is 0 Å².